The SMILES string of the molecule is CCN(CC)C(=O)c1csc(CN(CCOC)C(=O)Nc2ccc(Cl)c(Cl)c2)n1. The maximum absolute atomic E-state index is 12.7. The van der Waals surface area contributed by atoms with Crippen LogP contribution in [0.15, 0.2) is 23.6 Å². The summed E-state index contributed by atoms with van der Waals surface area (Å²) in [4.78, 5) is 32.9. The molecule has 0 atom stereocenters. The number of benzene rings is 1. The number of rotatable bonds is 9. The molecule has 0 saturated heterocycles. The Morgan fingerprint density at radius 3 is 2.52 bits per heavy atom. The second kappa shape index (κ2) is 11.3. The van der Waals surface area contributed by atoms with Gasteiger partial charge in [0, 0.05) is 37.8 Å². The number of carbonyl (C=O) groups is 2. The largest absolute Gasteiger partial charge is 0.383 e. The van der Waals surface area contributed by atoms with Crippen molar-refractivity contribution in [2.24, 2.45) is 0 Å². The van der Waals surface area contributed by atoms with Crippen molar-refractivity contribution < 1.29 is 14.3 Å². The summed E-state index contributed by atoms with van der Waals surface area (Å²) in [5, 5.41) is 5.95. The molecule has 0 aliphatic rings. The molecule has 3 amide bonds. The van der Waals surface area contributed by atoms with Gasteiger partial charge in [-0.1, -0.05) is 23.2 Å². The predicted octanol–water partition coefficient (Wildman–Crippen LogP) is 4.61. The van der Waals surface area contributed by atoms with Crippen molar-refractivity contribution in [1.29, 1.82) is 0 Å². The molecule has 0 saturated carbocycles. The third kappa shape index (κ3) is 6.57. The number of anilines is 1. The van der Waals surface area contributed by atoms with E-state index in [1.165, 1.54) is 11.3 Å². The molecule has 0 spiro atoms. The van der Waals surface area contributed by atoms with E-state index < -0.39 is 0 Å². The standard InChI is InChI=1S/C19H24Cl2N4O3S/c1-4-24(5-2)18(26)16-12-29-17(23-16)11-25(8-9-28-3)19(27)22-13-6-7-14(20)15(21)10-13/h6-7,10,12H,4-5,8-9,11H2,1-3H3,(H,22,27). The minimum Gasteiger partial charge on any atom is -0.383 e. The van der Waals surface area contributed by atoms with Crippen molar-refractivity contribution in [2.75, 3.05) is 38.7 Å². The van der Waals surface area contributed by atoms with Crippen LogP contribution >= 0.6 is 34.5 Å². The number of aromatic nitrogens is 1. The van der Waals surface area contributed by atoms with Gasteiger partial charge in [0.15, 0.2) is 0 Å². The summed E-state index contributed by atoms with van der Waals surface area (Å²) in [6.45, 7) is 6.08. The van der Waals surface area contributed by atoms with Crippen LogP contribution in [0.2, 0.25) is 10.0 Å². The van der Waals surface area contributed by atoms with E-state index in [2.05, 4.69) is 10.3 Å². The van der Waals surface area contributed by atoms with Crippen LogP contribution in [0.3, 0.4) is 0 Å². The van der Waals surface area contributed by atoms with Gasteiger partial charge in [-0.3, -0.25) is 4.79 Å². The summed E-state index contributed by atoms with van der Waals surface area (Å²) in [7, 11) is 1.57. The maximum Gasteiger partial charge on any atom is 0.322 e. The summed E-state index contributed by atoms with van der Waals surface area (Å²) in [5.41, 5.74) is 0.925. The molecule has 10 heteroatoms. The Balaban J connectivity index is 2.10. The molecule has 0 aliphatic carbocycles. The average Bonchev–Trinajstić information content (AvgIpc) is 3.17. The van der Waals surface area contributed by atoms with E-state index in [4.69, 9.17) is 27.9 Å². The zero-order chi connectivity index (χ0) is 21.4. The number of amides is 3. The summed E-state index contributed by atoms with van der Waals surface area (Å²) in [5.74, 6) is -0.110. The highest BCUT2D eigenvalue weighted by atomic mass is 35.5. The van der Waals surface area contributed by atoms with Crippen LogP contribution in [0.4, 0.5) is 10.5 Å². The molecule has 0 aliphatic heterocycles. The zero-order valence-electron chi connectivity index (χ0n) is 16.6. The van der Waals surface area contributed by atoms with Gasteiger partial charge in [-0.25, -0.2) is 9.78 Å². The number of hydrogen-bond donors (Lipinski definition) is 1. The Bertz CT molecular complexity index is 843. The third-order valence-corrected chi connectivity index (χ3v) is 5.74. The maximum atomic E-state index is 12.7. The molecule has 2 aromatic rings. The number of ether oxygens (including phenoxy) is 1. The van der Waals surface area contributed by atoms with Gasteiger partial charge in [0.05, 0.1) is 23.2 Å². The summed E-state index contributed by atoms with van der Waals surface area (Å²) in [6, 6.07) is 4.54. The van der Waals surface area contributed by atoms with E-state index in [0.29, 0.717) is 52.7 Å². The molecule has 29 heavy (non-hydrogen) atoms. The molecule has 0 radical (unpaired) electrons. The molecular formula is C19H24Cl2N4O3S. The molecule has 1 aromatic heterocycles. The minimum atomic E-state index is -0.327. The summed E-state index contributed by atoms with van der Waals surface area (Å²) in [6.07, 6.45) is 0. The molecule has 0 bridgehead atoms. The van der Waals surface area contributed by atoms with Gasteiger partial charge in [-0.2, -0.15) is 0 Å². The number of halogens is 2. The van der Waals surface area contributed by atoms with E-state index in [-0.39, 0.29) is 18.5 Å². The van der Waals surface area contributed by atoms with E-state index in [1.54, 1.807) is 40.5 Å². The molecule has 1 N–H and O–H groups in total. The smallest absolute Gasteiger partial charge is 0.322 e. The van der Waals surface area contributed by atoms with Crippen molar-refractivity contribution in [3.8, 4) is 0 Å². The van der Waals surface area contributed by atoms with Crippen molar-refractivity contribution >= 4 is 52.2 Å². The number of nitrogens with one attached hydrogen (secondary N) is 1. The lowest BCUT2D eigenvalue weighted by atomic mass is 10.3. The van der Waals surface area contributed by atoms with E-state index in [9.17, 15) is 9.59 Å². The number of carbonyl (C=O) groups excluding carboxylic acids is 2. The first-order valence-electron chi connectivity index (χ1n) is 9.13. The first-order valence-corrected chi connectivity index (χ1v) is 10.8. The van der Waals surface area contributed by atoms with E-state index >= 15 is 0 Å². The third-order valence-electron chi connectivity index (χ3n) is 4.17. The predicted molar refractivity (Wildman–Crippen MR) is 117 cm³/mol. The van der Waals surface area contributed by atoms with Gasteiger partial charge in [-0.15, -0.1) is 11.3 Å². The molecule has 7 nitrogen and oxygen atoms in total. The molecule has 158 valence electrons. The second-order valence-corrected chi connectivity index (χ2v) is 7.83. The molecule has 0 unspecified atom stereocenters. The van der Waals surface area contributed by atoms with Crippen LogP contribution in [0.1, 0.15) is 29.3 Å². The Morgan fingerprint density at radius 1 is 1.17 bits per heavy atom. The van der Waals surface area contributed by atoms with Crippen molar-refractivity contribution in [3.63, 3.8) is 0 Å². The Hall–Kier alpha value is -1.87. The normalized spacial score (nSPS) is 10.7. The van der Waals surface area contributed by atoms with Gasteiger partial charge in [0.2, 0.25) is 0 Å². The molecular weight excluding hydrogens is 435 g/mol. The lowest BCUT2D eigenvalue weighted by Gasteiger charge is -2.22. The van der Waals surface area contributed by atoms with Crippen molar-refractivity contribution in [2.45, 2.75) is 20.4 Å². The van der Waals surface area contributed by atoms with Gasteiger partial charge in [-0.05, 0) is 32.0 Å². The highest BCUT2D eigenvalue weighted by Gasteiger charge is 2.20. The Kier molecular flexibility index (Phi) is 9.16. The quantitative estimate of drug-likeness (QED) is 0.594. The number of methoxy groups -OCH3 is 1. The lowest BCUT2D eigenvalue weighted by Crippen LogP contribution is -2.37. The van der Waals surface area contributed by atoms with Gasteiger partial charge in [0.25, 0.3) is 5.91 Å². The fourth-order valence-corrected chi connectivity index (χ4v) is 3.63. The Morgan fingerprint density at radius 2 is 1.90 bits per heavy atom. The van der Waals surface area contributed by atoms with E-state index in [1.807, 2.05) is 13.8 Å². The first kappa shape index (κ1) is 23.4. The number of nitrogens with zero attached hydrogens (tertiary/aromatic N) is 3. The van der Waals surface area contributed by atoms with Gasteiger partial charge < -0.3 is 19.9 Å². The summed E-state index contributed by atoms with van der Waals surface area (Å²) < 4.78 is 5.11. The Labute approximate surface area is 184 Å². The monoisotopic (exact) mass is 458 g/mol. The topological polar surface area (TPSA) is 74.8 Å². The van der Waals surface area contributed by atoms with E-state index in [0.717, 1.165) is 0 Å². The van der Waals surface area contributed by atoms with Crippen LogP contribution in [0.5, 0.6) is 0 Å². The van der Waals surface area contributed by atoms with Crippen LogP contribution in [0, 0.1) is 0 Å². The van der Waals surface area contributed by atoms with Crippen LogP contribution in [0.25, 0.3) is 0 Å². The van der Waals surface area contributed by atoms with Crippen LogP contribution < -0.4 is 5.32 Å². The van der Waals surface area contributed by atoms with Crippen LogP contribution in [-0.4, -0.2) is 60.1 Å². The van der Waals surface area contributed by atoms with Gasteiger partial charge >= 0.3 is 6.03 Å². The lowest BCUT2D eigenvalue weighted by molar-refractivity contribution is 0.0767. The second-order valence-electron chi connectivity index (χ2n) is 6.08. The average molecular weight is 459 g/mol. The van der Waals surface area contributed by atoms with Gasteiger partial charge in [0.1, 0.15) is 10.7 Å². The van der Waals surface area contributed by atoms with Crippen molar-refractivity contribution in [1.82, 2.24) is 14.8 Å². The molecule has 0 fully saturated rings. The first-order chi connectivity index (χ1) is 13.9. The molecule has 2 rings (SSSR count). The van der Waals surface area contributed by atoms with Crippen LogP contribution in [-0.2, 0) is 11.3 Å². The summed E-state index contributed by atoms with van der Waals surface area (Å²) >= 11 is 13.3. The molecule has 1 heterocycles. The minimum absolute atomic E-state index is 0.110. The fraction of sp³-hybridized carbons (Fsp3) is 0.421. The highest BCUT2D eigenvalue weighted by Crippen LogP contribution is 2.25. The highest BCUT2D eigenvalue weighted by molar-refractivity contribution is 7.09. The zero-order valence-corrected chi connectivity index (χ0v) is 18.9. The molecule has 1 aromatic carbocycles. The van der Waals surface area contributed by atoms with Crippen molar-refractivity contribution in [3.05, 3.63) is 44.3 Å². The number of hydrogen-bond acceptors (Lipinski definition) is 5. The number of urea groups is 1. The number of thiazole rings is 1. The fourth-order valence-electron chi connectivity index (χ4n) is 2.55.